The van der Waals surface area contributed by atoms with E-state index in [1.54, 1.807) is 34.6 Å². The zero-order valence-electron chi connectivity index (χ0n) is 13.1. The average molecular weight is 335 g/mol. The number of carbonyl (C=O) groups is 1. The molecule has 2 rings (SSSR count). The van der Waals surface area contributed by atoms with Gasteiger partial charge in [0.25, 0.3) is 0 Å². The number of nitriles is 1. The van der Waals surface area contributed by atoms with Crippen LogP contribution in [0.2, 0.25) is 0 Å². The molecule has 4 nitrogen and oxygen atoms in total. The molecule has 0 saturated heterocycles. The van der Waals surface area contributed by atoms with Crippen molar-refractivity contribution in [3.63, 3.8) is 0 Å². The van der Waals surface area contributed by atoms with Crippen molar-refractivity contribution in [2.75, 3.05) is 0 Å². The van der Waals surface area contributed by atoms with Gasteiger partial charge in [0.05, 0.1) is 14.0 Å². The number of nitrogens with zero attached hydrogens (tertiary/aromatic N) is 1. The predicted molar refractivity (Wildman–Crippen MR) is 88.1 cm³/mol. The average Bonchev–Trinajstić information content (AvgIpc) is 2.87. The number of Topliss-reactive ketones (excluding diaryl/α,β-unsaturated/α-hetero) is 1. The van der Waals surface area contributed by atoms with Crippen LogP contribution in [0.5, 0.6) is 11.5 Å². The van der Waals surface area contributed by atoms with E-state index in [4.69, 9.17) is 0 Å². The first-order valence-electron chi connectivity index (χ1n) is 6.69. The second kappa shape index (κ2) is 5.56. The van der Waals surface area contributed by atoms with Gasteiger partial charge in [-0.25, -0.2) is 0 Å². The lowest BCUT2D eigenvalue weighted by Gasteiger charge is -2.16. The lowest BCUT2D eigenvalue weighted by molar-refractivity contribution is -0.122. The minimum absolute atomic E-state index is 0.0767. The number of hydrogen-bond donors (Lipinski definition) is 2. The normalized spacial score (nSPS) is 13.7. The van der Waals surface area contributed by atoms with Gasteiger partial charge in [0.2, 0.25) is 0 Å². The van der Waals surface area contributed by atoms with Crippen molar-refractivity contribution in [2.45, 2.75) is 44.4 Å². The van der Waals surface area contributed by atoms with Gasteiger partial charge in [-0.3, -0.25) is 4.79 Å². The van der Waals surface area contributed by atoms with Gasteiger partial charge in [-0.1, -0.05) is 44.3 Å². The standard InChI is InChI=1S/C16H17NO3S2/c1-7-8(2)11(19)13-12(10(7)18)21-15(22-13)9(6-17)14(20)16(3,4)5/h18-19H,1-5H3. The summed E-state index contributed by atoms with van der Waals surface area (Å²) in [5.74, 6) is -0.0539. The molecule has 0 saturated carbocycles. The van der Waals surface area contributed by atoms with E-state index in [1.165, 1.54) is 23.5 Å². The summed E-state index contributed by atoms with van der Waals surface area (Å²) in [6.45, 7) is 8.72. The third-order valence-electron chi connectivity index (χ3n) is 3.52. The minimum atomic E-state index is -0.663. The molecule has 0 bridgehead atoms. The smallest absolute Gasteiger partial charge is 0.180 e. The molecular formula is C16H17NO3S2. The van der Waals surface area contributed by atoms with Crippen LogP contribution in [-0.4, -0.2) is 16.0 Å². The highest BCUT2D eigenvalue weighted by Gasteiger charge is 2.34. The third-order valence-corrected chi connectivity index (χ3v) is 6.13. The number of aromatic hydroxyl groups is 2. The molecule has 1 heterocycles. The van der Waals surface area contributed by atoms with Gasteiger partial charge in [-0.2, -0.15) is 5.26 Å². The molecule has 1 aromatic rings. The number of rotatable bonds is 1. The van der Waals surface area contributed by atoms with Gasteiger partial charge in [0.15, 0.2) is 5.78 Å². The number of phenolic OH excluding ortho intramolecular Hbond substituents is 2. The molecule has 22 heavy (non-hydrogen) atoms. The molecule has 116 valence electrons. The summed E-state index contributed by atoms with van der Waals surface area (Å²) in [5, 5.41) is 29.9. The minimum Gasteiger partial charge on any atom is -0.506 e. The second-order valence-electron chi connectivity index (χ2n) is 6.16. The highest BCUT2D eigenvalue weighted by Crippen LogP contribution is 2.60. The van der Waals surface area contributed by atoms with Gasteiger partial charge >= 0.3 is 0 Å². The van der Waals surface area contributed by atoms with E-state index in [1.807, 2.05) is 6.07 Å². The lowest BCUT2D eigenvalue weighted by atomic mass is 9.87. The summed E-state index contributed by atoms with van der Waals surface area (Å²) in [6, 6.07) is 1.98. The van der Waals surface area contributed by atoms with E-state index < -0.39 is 5.41 Å². The van der Waals surface area contributed by atoms with Crippen LogP contribution in [0.15, 0.2) is 19.6 Å². The molecule has 1 aliphatic heterocycles. The van der Waals surface area contributed by atoms with Gasteiger partial charge < -0.3 is 10.2 Å². The van der Waals surface area contributed by atoms with E-state index >= 15 is 0 Å². The molecule has 0 unspecified atom stereocenters. The van der Waals surface area contributed by atoms with Crippen LogP contribution >= 0.6 is 23.5 Å². The van der Waals surface area contributed by atoms with Crippen LogP contribution in [0, 0.1) is 30.6 Å². The molecule has 0 amide bonds. The summed E-state index contributed by atoms with van der Waals surface area (Å²) in [7, 11) is 0. The SMILES string of the molecule is Cc1c(C)c(O)c2c(c1O)SC(=C(C#N)C(=O)C(C)(C)C)S2. The van der Waals surface area contributed by atoms with Crippen LogP contribution in [0.1, 0.15) is 31.9 Å². The first-order valence-corrected chi connectivity index (χ1v) is 8.32. The number of benzene rings is 1. The fourth-order valence-electron chi connectivity index (χ4n) is 1.97. The summed E-state index contributed by atoms with van der Waals surface area (Å²) in [6.07, 6.45) is 0. The molecule has 0 aliphatic carbocycles. The molecule has 0 fully saturated rings. The van der Waals surface area contributed by atoms with Crippen molar-refractivity contribution in [3.8, 4) is 17.6 Å². The Balaban J connectivity index is 2.60. The van der Waals surface area contributed by atoms with Crippen molar-refractivity contribution in [2.24, 2.45) is 5.41 Å². The monoisotopic (exact) mass is 335 g/mol. The molecule has 0 spiro atoms. The molecule has 1 aliphatic rings. The maximum absolute atomic E-state index is 12.4. The van der Waals surface area contributed by atoms with E-state index in [-0.39, 0.29) is 22.9 Å². The van der Waals surface area contributed by atoms with Crippen molar-refractivity contribution in [1.82, 2.24) is 0 Å². The van der Waals surface area contributed by atoms with Gasteiger partial charge in [-0.05, 0) is 25.0 Å². The van der Waals surface area contributed by atoms with Crippen LogP contribution in [0.4, 0.5) is 0 Å². The van der Waals surface area contributed by atoms with Crippen LogP contribution in [-0.2, 0) is 4.79 Å². The van der Waals surface area contributed by atoms with Gasteiger partial charge in [-0.15, -0.1) is 0 Å². The Kier molecular flexibility index (Phi) is 4.24. The Hall–Kier alpha value is -1.58. The van der Waals surface area contributed by atoms with Crippen molar-refractivity contribution < 1.29 is 15.0 Å². The maximum atomic E-state index is 12.4. The Morgan fingerprint density at radius 3 is 1.77 bits per heavy atom. The van der Waals surface area contributed by atoms with Gasteiger partial charge in [0, 0.05) is 5.41 Å². The Labute approximate surface area is 138 Å². The predicted octanol–water partition coefficient (Wildman–Crippen LogP) is 4.26. The zero-order chi connectivity index (χ0) is 16.8. The molecule has 1 aromatic carbocycles. The summed E-state index contributed by atoms with van der Waals surface area (Å²) < 4.78 is 0.507. The highest BCUT2D eigenvalue weighted by atomic mass is 32.2. The topological polar surface area (TPSA) is 81.3 Å². The number of thioether (sulfide) groups is 2. The Bertz CT molecular complexity index is 713. The number of fused-ring (bicyclic) bond motifs is 1. The molecule has 2 N–H and O–H groups in total. The molecule has 6 heteroatoms. The second-order valence-corrected chi connectivity index (χ2v) is 8.46. The maximum Gasteiger partial charge on any atom is 0.180 e. The number of carbonyl (C=O) groups excluding carboxylic acids is 1. The first-order chi connectivity index (χ1) is 10.1. The first kappa shape index (κ1) is 16.8. The fraction of sp³-hybridized carbons (Fsp3) is 0.375. The van der Waals surface area contributed by atoms with E-state index in [0.717, 1.165) is 0 Å². The van der Waals surface area contributed by atoms with Crippen molar-refractivity contribution in [3.05, 3.63) is 20.9 Å². The van der Waals surface area contributed by atoms with E-state index in [2.05, 4.69) is 0 Å². The van der Waals surface area contributed by atoms with E-state index in [9.17, 15) is 20.3 Å². The molecular weight excluding hydrogens is 318 g/mol. The van der Waals surface area contributed by atoms with Gasteiger partial charge in [0.1, 0.15) is 23.1 Å². The Morgan fingerprint density at radius 1 is 1.05 bits per heavy atom. The zero-order valence-corrected chi connectivity index (χ0v) is 14.7. The highest BCUT2D eigenvalue weighted by molar-refractivity contribution is 8.24. The van der Waals surface area contributed by atoms with Crippen molar-refractivity contribution in [1.29, 1.82) is 5.26 Å². The van der Waals surface area contributed by atoms with Crippen LogP contribution in [0.25, 0.3) is 0 Å². The quantitative estimate of drug-likeness (QED) is 0.453. The number of ketones is 1. The number of phenols is 2. The Morgan fingerprint density at radius 2 is 1.45 bits per heavy atom. The molecule has 0 atom stereocenters. The molecule has 0 radical (unpaired) electrons. The summed E-state index contributed by atoms with van der Waals surface area (Å²) >= 11 is 2.33. The largest absolute Gasteiger partial charge is 0.506 e. The number of allylic oxidation sites excluding steroid dienone is 1. The fourth-order valence-corrected chi connectivity index (χ4v) is 4.62. The van der Waals surface area contributed by atoms with Crippen LogP contribution < -0.4 is 0 Å². The van der Waals surface area contributed by atoms with E-state index in [0.29, 0.717) is 25.2 Å². The molecule has 0 aromatic heterocycles. The third kappa shape index (κ3) is 2.59. The summed E-state index contributed by atoms with van der Waals surface area (Å²) in [5.41, 5.74) is 0.620. The number of hydrogen-bond acceptors (Lipinski definition) is 6. The summed E-state index contributed by atoms with van der Waals surface area (Å²) in [4.78, 5) is 13.4. The van der Waals surface area contributed by atoms with Crippen molar-refractivity contribution >= 4 is 29.3 Å². The lowest BCUT2D eigenvalue weighted by Crippen LogP contribution is -2.21. The van der Waals surface area contributed by atoms with Crippen LogP contribution in [0.3, 0.4) is 0 Å².